The Morgan fingerprint density at radius 1 is 1.00 bits per heavy atom. The van der Waals surface area contributed by atoms with Crippen molar-refractivity contribution in [2.45, 2.75) is 6.54 Å². The summed E-state index contributed by atoms with van der Waals surface area (Å²) in [7, 11) is 0. The molecule has 0 aliphatic carbocycles. The zero-order chi connectivity index (χ0) is 17.8. The van der Waals surface area contributed by atoms with Gasteiger partial charge in [0.25, 0.3) is 11.5 Å². The highest BCUT2D eigenvalue weighted by atomic mass is 35.5. The molecule has 0 fully saturated rings. The van der Waals surface area contributed by atoms with E-state index in [0.717, 1.165) is 5.56 Å². The Kier molecular flexibility index (Phi) is 4.95. The largest absolute Gasteiger partial charge is 0.322 e. The molecule has 3 rings (SSSR count). The van der Waals surface area contributed by atoms with E-state index in [1.54, 1.807) is 36.4 Å². The third-order valence-electron chi connectivity index (χ3n) is 3.61. The first kappa shape index (κ1) is 16.9. The highest BCUT2D eigenvalue weighted by molar-refractivity contribution is 6.30. The summed E-state index contributed by atoms with van der Waals surface area (Å²) in [6, 6.07) is 15.4. The molecule has 1 heterocycles. The van der Waals surface area contributed by atoms with Crippen LogP contribution in [0.25, 0.3) is 0 Å². The topological polar surface area (TPSA) is 51.1 Å². The van der Waals surface area contributed by atoms with Crippen LogP contribution in [0.5, 0.6) is 0 Å². The maximum Gasteiger partial charge on any atom is 0.257 e. The number of anilines is 1. The van der Waals surface area contributed by atoms with E-state index in [4.69, 9.17) is 11.6 Å². The van der Waals surface area contributed by atoms with Crippen molar-refractivity contribution in [3.63, 3.8) is 0 Å². The van der Waals surface area contributed by atoms with Crippen molar-refractivity contribution in [1.29, 1.82) is 0 Å². The van der Waals surface area contributed by atoms with Gasteiger partial charge in [-0.25, -0.2) is 4.39 Å². The van der Waals surface area contributed by atoms with Gasteiger partial charge in [0.1, 0.15) is 5.82 Å². The Morgan fingerprint density at radius 2 is 1.68 bits per heavy atom. The number of amides is 1. The molecule has 0 saturated heterocycles. The van der Waals surface area contributed by atoms with Crippen molar-refractivity contribution in [2.24, 2.45) is 0 Å². The van der Waals surface area contributed by atoms with Gasteiger partial charge >= 0.3 is 0 Å². The lowest BCUT2D eigenvalue weighted by molar-refractivity contribution is 0.102. The average Bonchev–Trinajstić information content (AvgIpc) is 2.60. The molecule has 0 unspecified atom stereocenters. The fraction of sp³-hybridized carbons (Fsp3) is 0.0526. The van der Waals surface area contributed by atoms with Gasteiger partial charge in [0.2, 0.25) is 0 Å². The fourth-order valence-electron chi connectivity index (χ4n) is 2.31. The van der Waals surface area contributed by atoms with Crippen LogP contribution in [0.2, 0.25) is 5.02 Å². The number of nitrogens with zero attached hydrogens (tertiary/aromatic N) is 1. The van der Waals surface area contributed by atoms with Gasteiger partial charge in [-0.1, -0.05) is 23.7 Å². The molecule has 0 spiro atoms. The van der Waals surface area contributed by atoms with Crippen molar-refractivity contribution in [3.05, 3.63) is 99.2 Å². The molecule has 25 heavy (non-hydrogen) atoms. The molecule has 1 N–H and O–H groups in total. The van der Waals surface area contributed by atoms with Gasteiger partial charge in [0, 0.05) is 23.0 Å². The van der Waals surface area contributed by atoms with Crippen molar-refractivity contribution in [3.8, 4) is 0 Å². The highest BCUT2D eigenvalue weighted by Gasteiger charge is 2.09. The molecule has 3 aromatic rings. The summed E-state index contributed by atoms with van der Waals surface area (Å²) < 4.78 is 14.4. The van der Waals surface area contributed by atoms with E-state index in [0.29, 0.717) is 16.3 Å². The Balaban J connectivity index is 1.80. The Hall–Kier alpha value is -2.92. The fourth-order valence-corrected chi connectivity index (χ4v) is 2.44. The minimum absolute atomic E-state index is 0.243. The Morgan fingerprint density at radius 3 is 2.36 bits per heavy atom. The number of halogens is 2. The van der Waals surface area contributed by atoms with E-state index in [2.05, 4.69) is 5.32 Å². The lowest BCUT2D eigenvalue weighted by Gasteiger charge is -2.09. The number of hydrogen-bond acceptors (Lipinski definition) is 2. The van der Waals surface area contributed by atoms with Crippen LogP contribution in [-0.2, 0) is 6.54 Å². The molecule has 0 saturated carbocycles. The molecule has 0 bridgehead atoms. The second kappa shape index (κ2) is 7.32. The van der Waals surface area contributed by atoms with Crippen LogP contribution < -0.4 is 10.9 Å². The van der Waals surface area contributed by atoms with Crippen molar-refractivity contribution < 1.29 is 9.18 Å². The van der Waals surface area contributed by atoms with Gasteiger partial charge in [0.15, 0.2) is 0 Å². The number of rotatable bonds is 4. The van der Waals surface area contributed by atoms with Gasteiger partial charge in [-0.05, 0) is 48.0 Å². The maximum atomic E-state index is 13.0. The van der Waals surface area contributed by atoms with Crippen LogP contribution in [0, 0.1) is 5.82 Å². The van der Waals surface area contributed by atoms with Crippen LogP contribution in [-0.4, -0.2) is 10.5 Å². The number of pyridine rings is 1. The summed E-state index contributed by atoms with van der Waals surface area (Å²) in [6.45, 7) is 0.251. The number of benzene rings is 2. The summed E-state index contributed by atoms with van der Waals surface area (Å²) in [6.07, 6.45) is 1.48. The molecular formula is C19H14ClFN2O2. The first-order valence-corrected chi connectivity index (χ1v) is 7.91. The zero-order valence-electron chi connectivity index (χ0n) is 13.1. The number of aromatic nitrogens is 1. The van der Waals surface area contributed by atoms with Crippen molar-refractivity contribution >= 4 is 23.2 Å². The van der Waals surface area contributed by atoms with Crippen LogP contribution in [0.4, 0.5) is 10.1 Å². The summed E-state index contributed by atoms with van der Waals surface area (Å²) >= 11 is 5.82. The molecule has 0 aliphatic rings. The van der Waals surface area contributed by atoms with Crippen LogP contribution in [0.15, 0.2) is 71.7 Å². The summed E-state index contributed by atoms with van der Waals surface area (Å²) in [5.74, 6) is -0.678. The van der Waals surface area contributed by atoms with E-state index >= 15 is 0 Å². The molecule has 0 aliphatic heterocycles. The second-order valence-electron chi connectivity index (χ2n) is 5.47. The molecule has 0 atom stereocenters. The lowest BCUT2D eigenvalue weighted by atomic mass is 10.2. The molecular weight excluding hydrogens is 343 g/mol. The Bertz CT molecular complexity index is 950. The molecule has 1 aromatic heterocycles. The van der Waals surface area contributed by atoms with Crippen molar-refractivity contribution in [1.82, 2.24) is 4.57 Å². The van der Waals surface area contributed by atoms with Crippen LogP contribution in [0.3, 0.4) is 0 Å². The van der Waals surface area contributed by atoms with E-state index in [9.17, 15) is 14.0 Å². The van der Waals surface area contributed by atoms with Gasteiger partial charge in [-0.3, -0.25) is 9.59 Å². The predicted molar refractivity (Wildman–Crippen MR) is 95.6 cm³/mol. The molecule has 4 nitrogen and oxygen atoms in total. The van der Waals surface area contributed by atoms with E-state index in [1.165, 1.54) is 35.0 Å². The standard InChI is InChI=1S/C19H14ClFN2O2/c20-15-4-8-17(9-5-15)22-19(25)14-3-10-18(24)23(12-14)11-13-1-6-16(21)7-2-13/h1-10,12H,11H2,(H,22,25). The van der Waals surface area contributed by atoms with Gasteiger partial charge < -0.3 is 9.88 Å². The molecule has 6 heteroatoms. The average molecular weight is 357 g/mol. The van der Waals surface area contributed by atoms with Gasteiger partial charge in [-0.2, -0.15) is 0 Å². The number of carbonyl (C=O) groups is 1. The predicted octanol–water partition coefficient (Wildman–Crippen LogP) is 3.94. The number of nitrogens with one attached hydrogen (secondary N) is 1. The minimum Gasteiger partial charge on any atom is -0.322 e. The third-order valence-corrected chi connectivity index (χ3v) is 3.87. The zero-order valence-corrected chi connectivity index (χ0v) is 13.8. The van der Waals surface area contributed by atoms with Crippen LogP contribution in [0.1, 0.15) is 15.9 Å². The maximum absolute atomic E-state index is 13.0. The first-order valence-electron chi connectivity index (χ1n) is 7.53. The first-order chi connectivity index (χ1) is 12.0. The monoisotopic (exact) mass is 356 g/mol. The summed E-state index contributed by atoms with van der Waals surface area (Å²) in [4.78, 5) is 24.4. The molecule has 126 valence electrons. The number of hydrogen-bond donors (Lipinski definition) is 1. The molecule has 1 amide bonds. The lowest BCUT2D eigenvalue weighted by Crippen LogP contribution is -2.22. The van der Waals surface area contributed by atoms with Crippen LogP contribution >= 0.6 is 11.6 Å². The SMILES string of the molecule is O=C(Nc1ccc(Cl)cc1)c1ccc(=O)n(Cc2ccc(F)cc2)c1. The van der Waals surface area contributed by atoms with Gasteiger partial charge in [0.05, 0.1) is 12.1 Å². The molecule has 0 radical (unpaired) electrons. The third kappa shape index (κ3) is 4.33. The smallest absolute Gasteiger partial charge is 0.257 e. The Labute approximate surface area is 148 Å². The van der Waals surface area contributed by atoms with E-state index in [-0.39, 0.29) is 23.8 Å². The van der Waals surface area contributed by atoms with E-state index < -0.39 is 0 Å². The highest BCUT2D eigenvalue weighted by Crippen LogP contribution is 2.14. The van der Waals surface area contributed by atoms with Crippen molar-refractivity contribution in [2.75, 3.05) is 5.32 Å². The van der Waals surface area contributed by atoms with E-state index in [1.807, 2.05) is 0 Å². The normalized spacial score (nSPS) is 10.5. The summed E-state index contributed by atoms with van der Waals surface area (Å²) in [5, 5.41) is 3.32. The van der Waals surface area contributed by atoms with Gasteiger partial charge in [-0.15, -0.1) is 0 Å². The summed E-state index contributed by atoms with van der Waals surface area (Å²) in [5.41, 5.74) is 1.47. The second-order valence-corrected chi connectivity index (χ2v) is 5.91. The quantitative estimate of drug-likeness (QED) is 0.769. The number of carbonyl (C=O) groups excluding carboxylic acids is 1. The minimum atomic E-state index is -0.341. The molecule has 2 aromatic carbocycles.